The highest BCUT2D eigenvalue weighted by molar-refractivity contribution is 6.74. The van der Waals surface area contributed by atoms with Gasteiger partial charge < -0.3 is 9.53 Å². The lowest BCUT2D eigenvalue weighted by Crippen LogP contribution is -2.46. The molecule has 1 N–H and O–H groups in total. The van der Waals surface area contributed by atoms with Crippen molar-refractivity contribution < 1.29 is 9.53 Å². The first-order valence-corrected chi connectivity index (χ1v) is 10.9. The fourth-order valence-electron chi connectivity index (χ4n) is 1.49. The van der Waals surface area contributed by atoms with Gasteiger partial charge >= 0.3 is 0 Å². The highest BCUT2D eigenvalue weighted by Gasteiger charge is 2.41. The third-order valence-electron chi connectivity index (χ3n) is 4.44. The topological polar surface area (TPSA) is 29.5 Å². The molecule has 0 aromatic carbocycles. The molecule has 0 bridgehead atoms. The monoisotopic (exact) mass is 314 g/mol. The summed E-state index contributed by atoms with van der Waals surface area (Å²) in [5.41, 5.74) is -0.125. The number of rotatable bonds is 4. The van der Waals surface area contributed by atoms with Crippen molar-refractivity contribution in [2.24, 2.45) is 10.8 Å². The van der Waals surface area contributed by atoms with Gasteiger partial charge in [-0.2, -0.15) is 0 Å². The largest absolute Gasteiger partial charge is 0.410 e. The van der Waals surface area contributed by atoms with E-state index in [2.05, 4.69) is 60.7 Å². The fourth-order valence-corrected chi connectivity index (χ4v) is 2.91. The fraction of sp³-hybridized carbons (Fsp3) is 0.889. The molecule has 0 unspecified atom stereocenters. The molecule has 0 amide bonds. The Balaban J connectivity index is 5.24. The first-order chi connectivity index (χ1) is 8.98. The van der Waals surface area contributed by atoms with Gasteiger partial charge in [0, 0.05) is 0 Å². The molecule has 0 radical (unpaired) electrons. The SMILES string of the molecule is CC(C)(C)[C@H](/C=C/[C@H](O)C(C)(C)C)O[Si](C)(C)C(C)(C)C. The maximum absolute atomic E-state index is 10.2. The molecule has 0 aliphatic carbocycles. The van der Waals surface area contributed by atoms with Crippen molar-refractivity contribution in [2.45, 2.75) is 92.7 Å². The summed E-state index contributed by atoms with van der Waals surface area (Å²) in [5.74, 6) is 0. The van der Waals surface area contributed by atoms with E-state index in [0.717, 1.165) is 0 Å². The molecule has 0 rings (SSSR count). The van der Waals surface area contributed by atoms with Gasteiger partial charge in [0.25, 0.3) is 0 Å². The van der Waals surface area contributed by atoms with Crippen molar-refractivity contribution >= 4 is 8.32 Å². The maximum atomic E-state index is 10.2. The number of hydrogen-bond donors (Lipinski definition) is 1. The lowest BCUT2D eigenvalue weighted by Gasteiger charge is -2.42. The first-order valence-electron chi connectivity index (χ1n) is 8.03. The minimum Gasteiger partial charge on any atom is -0.410 e. The van der Waals surface area contributed by atoms with Gasteiger partial charge in [0.2, 0.25) is 0 Å². The van der Waals surface area contributed by atoms with Gasteiger partial charge in [0.05, 0.1) is 12.2 Å². The summed E-state index contributed by atoms with van der Waals surface area (Å²) in [4.78, 5) is 0. The Kier molecular flexibility index (Phi) is 6.51. The van der Waals surface area contributed by atoms with E-state index in [1.807, 2.05) is 26.8 Å². The number of hydrogen-bond acceptors (Lipinski definition) is 2. The van der Waals surface area contributed by atoms with E-state index in [1.54, 1.807) is 0 Å². The molecule has 0 heterocycles. The molecular weight excluding hydrogens is 276 g/mol. The summed E-state index contributed by atoms with van der Waals surface area (Å²) >= 11 is 0. The third-order valence-corrected chi connectivity index (χ3v) is 8.89. The zero-order valence-corrected chi connectivity index (χ0v) is 17.2. The molecule has 3 heteroatoms. The molecule has 0 aromatic heterocycles. The van der Waals surface area contributed by atoms with E-state index >= 15 is 0 Å². The zero-order chi connectivity index (χ0) is 17.3. The summed E-state index contributed by atoms with van der Waals surface area (Å²) < 4.78 is 6.57. The average molecular weight is 315 g/mol. The highest BCUT2D eigenvalue weighted by atomic mass is 28.4. The Morgan fingerprint density at radius 1 is 0.810 bits per heavy atom. The van der Waals surface area contributed by atoms with Gasteiger partial charge in [0.15, 0.2) is 8.32 Å². The van der Waals surface area contributed by atoms with Crippen LogP contribution in [0, 0.1) is 10.8 Å². The molecular formula is C18H38O2Si. The third kappa shape index (κ3) is 6.66. The molecule has 126 valence electrons. The van der Waals surface area contributed by atoms with E-state index < -0.39 is 14.4 Å². The Labute approximate surface area is 134 Å². The van der Waals surface area contributed by atoms with E-state index in [-0.39, 0.29) is 22.0 Å². The predicted molar refractivity (Wildman–Crippen MR) is 96.1 cm³/mol. The minimum atomic E-state index is -1.83. The molecule has 0 aliphatic rings. The van der Waals surface area contributed by atoms with Crippen molar-refractivity contribution in [3.63, 3.8) is 0 Å². The van der Waals surface area contributed by atoms with Gasteiger partial charge in [-0.05, 0) is 29.0 Å². The van der Waals surface area contributed by atoms with Crippen molar-refractivity contribution in [1.29, 1.82) is 0 Å². The summed E-state index contributed by atoms with van der Waals surface area (Å²) in [6.07, 6.45) is 3.54. The molecule has 0 saturated carbocycles. The summed E-state index contributed by atoms with van der Waals surface area (Å²) in [6, 6.07) is 0. The van der Waals surface area contributed by atoms with E-state index in [9.17, 15) is 5.11 Å². The Morgan fingerprint density at radius 3 is 1.52 bits per heavy atom. The molecule has 0 aromatic rings. The number of aliphatic hydroxyl groups excluding tert-OH is 1. The van der Waals surface area contributed by atoms with Crippen LogP contribution in [0.2, 0.25) is 18.1 Å². The van der Waals surface area contributed by atoms with Gasteiger partial charge in [-0.3, -0.25) is 0 Å². The standard InChI is InChI=1S/C18H38O2Si/c1-16(2,3)14(19)12-13-15(17(4,5)6)20-21(10,11)18(7,8)9/h12-15,19H,1-11H3/b13-12+/t14-,15-/m0/s1. The second kappa shape index (κ2) is 6.55. The molecule has 0 aliphatic heterocycles. The number of aliphatic hydroxyl groups is 1. The van der Waals surface area contributed by atoms with Crippen LogP contribution in [0.25, 0.3) is 0 Å². The molecule has 0 spiro atoms. The van der Waals surface area contributed by atoms with Crippen LogP contribution in [0.4, 0.5) is 0 Å². The smallest absolute Gasteiger partial charge is 0.192 e. The quantitative estimate of drug-likeness (QED) is 0.557. The van der Waals surface area contributed by atoms with Gasteiger partial charge in [-0.1, -0.05) is 74.5 Å². The van der Waals surface area contributed by atoms with Crippen LogP contribution in [0.5, 0.6) is 0 Å². The lowest BCUT2D eigenvalue weighted by atomic mass is 9.85. The second-order valence-electron chi connectivity index (χ2n) is 9.86. The molecule has 21 heavy (non-hydrogen) atoms. The molecule has 0 saturated heterocycles. The zero-order valence-electron chi connectivity index (χ0n) is 16.2. The van der Waals surface area contributed by atoms with E-state index in [4.69, 9.17) is 4.43 Å². The van der Waals surface area contributed by atoms with E-state index in [1.165, 1.54) is 0 Å². The van der Waals surface area contributed by atoms with Crippen LogP contribution in [0.3, 0.4) is 0 Å². The lowest BCUT2D eigenvalue weighted by molar-refractivity contribution is 0.0947. The second-order valence-corrected chi connectivity index (χ2v) is 14.6. The van der Waals surface area contributed by atoms with Crippen molar-refractivity contribution in [2.75, 3.05) is 0 Å². The highest BCUT2D eigenvalue weighted by Crippen LogP contribution is 2.40. The summed E-state index contributed by atoms with van der Waals surface area (Å²) in [5, 5.41) is 10.4. The van der Waals surface area contributed by atoms with Crippen LogP contribution in [-0.2, 0) is 4.43 Å². The van der Waals surface area contributed by atoms with E-state index in [0.29, 0.717) is 0 Å². The van der Waals surface area contributed by atoms with Crippen LogP contribution in [0.15, 0.2) is 12.2 Å². The van der Waals surface area contributed by atoms with Gasteiger partial charge in [0.1, 0.15) is 0 Å². The van der Waals surface area contributed by atoms with Crippen molar-refractivity contribution in [1.82, 2.24) is 0 Å². The average Bonchev–Trinajstić information content (AvgIpc) is 2.18. The maximum Gasteiger partial charge on any atom is 0.192 e. The Bertz CT molecular complexity index is 351. The molecule has 0 fully saturated rings. The molecule has 2 nitrogen and oxygen atoms in total. The minimum absolute atomic E-state index is 0.0175. The molecule has 2 atom stereocenters. The van der Waals surface area contributed by atoms with Crippen LogP contribution >= 0.6 is 0 Å². The van der Waals surface area contributed by atoms with Crippen molar-refractivity contribution in [3.8, 4) is 0 Å². The summed E-state index contributed by atoms with van der Waals surface area (Å²) in [7, 11) is -1.83. The van der Waals surface area contributed by atoms with Crippen LogP contribution < -0.4 is 0 Å². The summed E-state index contributed by atoms with van der Waals surface area (Å²) in [6.45, 7) is 24.0. The predicted octanol–water partition coefficient (Wildman–Crippen LogP) is 5.39. The van der Waals surface area contributed by atoms with Crippen LogP contribution in [0.1, 0.15) is 62.3 Å². The van der Waals surface area contributed by atoms with Crippen LogP contribution in [-0.4, -0.2) is 25.6 Å². The Morgan fingerprint density at radius 2 is 1.24 bits per heavy atom. The normalized spacial score (nSPS) is 18.1. The van der Waals surface area contributed by atoms with Crippen molar-refractivity contribution in [3.05, 3.63) is 12.2 Å². The van der Waals surface area contributed by atoms with Gasteiger partial charge in [-0.15, -0.1) is 0 Å². The first kappa shape index (κ1) is 20.9. The van der Waals surface area contributed by atoms with Gasteiger partial charge in [-0.25, -0.2) is 0 Å². The Hall–Kier alpha value is -0.123.